The number of aliphatic carboxylic acids is 1. The minimum Gasteiger partial charge on any atom is -0.480 e. The van der Waals surface area contributed by atoms with E-state index in [0.717, 1.165) is 0 Å². The van der Waals surface area contributed by atoms with Gasteiger partial charge in [-0.3, -0.25) is 9.59 Å². The number of hydrogen-bond acceptors (Lipinski definition) is 3. The summed E-state index contributed by atoms with van der Waals surface area (Å²) in [6, 6.07) is 3.49. The number of halogens is 1. The summed E-state index contributed by atoms with van der Waals surface area (Å²) in [6.45, 7) is 6.53. The maximum atomic E-state index is 13.3. The van der Waals surface area contributed by atoms with Crippen LogP contribution in [0.4, 0.5) is 4.39 Å². The Kier molecular flexibility index (Phi) is 7.10. The third kappa shape index (κ3) is 6.60. The zero-order valence-electron chi connectivity index (χ0n) is 13.6. The fourth-order valence-electron chi connectivity index (χ4n) is 2.18. The van der Waals surface area contributed by atoms with E-state index in [2.05, 4.69) is 17.2 Å². The number of carboxylic acids is 1. The van der Waals surface area contributed by atoms with Crippen molar-refractivity contribution in [3.05, 3.63) is 47.8 Å². The molecule has 0 heterocycles. The molecule has 0 aliphatic heterocycles. The maximum Gasteiger partial charge on any atom is 0.326 e. The van der Waals surface area contributed by atoms with Crippen LogP contribution in [-0.4, -0.2) is 35.0 Å². The van der Waals surface area contributed by atoms with Crippen LogP contribution < -0.4 is 10.6 Å². The van der Waals surface area contributed by atoms with E-state index < -0.39 is 35.7 Å². The summed E-state index contributed by atoms with van der Waals surface area (Å²) in [5.74, 6) is -2.75. The Hall–Kier alpha value is -2.70. The third-order valence-electron chi connectivity index (χ3n) is 3.19. The SMILES string of the molecule is C=C(C)C[C@H](NC(=O)[C@@H](Cc1cccc(F)c1)NC(C)=O)C(=O)O. The highest BCUT2D eigenvalue weighted by atomic mass is 19.1. The van der Waals surface area contributed by atoms with Crippen molar-refractivity contribution in [2.45, 2.75) is 38.8 Å². The molecule has 130 valence electrons. The van der Waals surface area contributed by atoms with E-state index in [1.165, 1.54) is 25.1 Å². The summed E-state index contributed by atoms with van der Waals surface area (Å²) in [6.07, 6.45) is 0.121. The van der Waals surface area contributed by atoms with Gasteiger partial charge in [-0.05, 0) is 31.0 Å². The van der Waals surface area contributed by atoms with Crippen molar-refractivity contribution in [3.8, 4) is 0 Å². The average molecular weight is 336 g/mol. The van der Waals surface area contributed by atoms with Crippen molar-refractivity contribution >= 4 is 17.8 Å². The van der Waals surface area contributed by atoms with Gasteiger partial charge in [0, 0.05) is 13.3 Å². The van der Waals surface area contributed by atoms with Gasteiger partial charge in [0.1, 0.15) is 17.9 Å². The highest BCUT2D eigenvalue weighted by Crippen LogP contribution is 2.08. The highest BCUT2D eigenvalue weighted by molar-refractivity contribution is 5.90. The number of nitrogens with one attached hydrogen (secondary N) is 2. The summed E-state index contributed by atoms with van der Waals surface area (Å²) in [5.41, 5.74) is 1.11. The molecule has 0 aliphatic rings. The summed E-state index contributed by atoms with van der Waals surface area (Å²) >= 11 is 0. The zero-order valence-corrected chi connectivity index (χ0v) is 13.6. The predicted octanol–water partition coefficient (Wildman–Crippen LogP) is 1.41. The van der Waals surface area contributed by atoms with Gasteiger partial charge < -0.3 is 15.7 Å². The van der Waals surface area contributed by atoms with Gasteiger partial charge in [-0.1, -0.05) is 17.7 Å². The summed E-state index contributed by atoms with van der Waals surface area (Å²) in [7, 11) is 0. The molecule has 24 heavy (non-hydrogen) atoms. The van der Waals surface area contributed by atoms with Crippen molar-refractivity contribution in [3.63, 3.8) is 0 Å². The van der Waals surface area contributed by atoms with Gasteiger partial charge in [0.2, 0.25) is 11.8 Å². The Morgan fingerprint density at radius 2 is 1.88 bits per heavy atom. The first-order valence-corrected chi connectivity index (χ1v) is 7.38. The van der Waals surface area contributed by atoms with Crippen LogP contribution in [0.25, 0.3) is 0 Å². The smallest absolute Gasteiger partial charge is 0.326 e. The molecule has 3 N–H and O–H groups in total. The van der Waals surface area contributed by atoms with Gasteiger partial charge >= 0.3 is 5.97 Å². The molecule has 1 rings (SSSR count). The van der Waals surface area contributed by atoms with Crippen LogP contribution in [0.15, 0.2) is 36.4 Å². The molecule has 1 aromatic carbocycles. The molecular weight excluding hydrogens is 315 g/mol. The Morgan fingerprint density at radius 1 is 1.21 bits per heavy atom. The van der Waals surface area contributed by atoms with Crippen LogP contribution >= 0.6 is 0 Å². The van der Waals surface area contributed by atoms with Crippen LogP contribution in [0, 0.1) is 5.82 Å². The molecule has 0 saturated heterocycles. The monoisotopic (exact) mass is 336 g/mol. The highest BCUT2D eigenvalue weighted by Gasteiger charge is 2.26. The second-order valence-corrected chi connectivity index (χ2v) is 5.65. The Morgan fingerprint density at radius 3 is 2.38 bits per heavy atom. The van der Waals surface area contributed by atoms with Crippen LogP contribution in [-0.2, 0) is 20.8 Å². The first kappa shape index (κ1) is 19.3. The quantitative estimate of drug-likeness (QED) is 0.626. The molecule has 0 aromatic heterocycles. The molecule has 2 atom stereocenters. The van der Waals surface area contributed by atoms with E-state index in [-0.39, 0.29) is 12.8 Å². The fraction of sp³-hybridized carbons (Fsp3) is 0.353. The number of rotatable bonds is 8. The normalized spacial score (nSPS) is 12.8. The second kappa shape index (κ2) is 8.81. The molecule has 0 radical (unpaired) electrons. The maximum absolute atomic E-state index is 13.3. The Bertz CT molecular complexity index is 645. The van der Waals surface area contributed by atoms with Gasteiger partial charge in [-0.15, -0.1) is 6.58 Å². The van der Waals surface area contributed by atoms with E-state index in [1.807, 2.05) is 0 Å². The standard InChI is InChI=1S/C17H21FN2O4/c1-10(2)7-15(17(23)24)20-16(22)14(19-11(3)21)9-12-5-4-6-13(18)8-12/h4-6,8,14-15H,1,7,9H2,2-3H3,(H,19,21)(H,20,22)(H,23,24)/t14-,15+/m1/s1. The third-order valence-corrected chi connectivity index (χ3v) is 3.19. The van der Waals surface area contributed by atoms with E-state index >= 15 is 0 Å². The summed E-state index contributed by atoms with van der Waals surface area (Å²) in [4.78, 5) is 34.9. The van der Waals surface area contributed by atoms with E-state index in [1.54, 1.807) is 13.0 Å². The van der Waals surface area contributed by atoms with Gasteiger partial charge in [-0.25, -0.2) is 9.18 Å². The first-order valence-electron chi connectivity index (χ1n) is 7.38. The molecule has 2 amide bonds. The second-order valence-electron chi connectivity index (χ2n) is 5.65. The summed E-state index contributed by atoms with van der Waals surface area (Å²) in [5, 5.41) is 14.0. The lowest BCUT2D eigenvalue weighted by Crippen LogP contribution is -2.52. The molecule has 6 nitrogen and oxygen atoms in total. The van der Waals surface area contributed by atoms with Crippen molar-refractivity contribution in [1.29, 1.82) is 0 Å². The van der Waals surface area contributed by atoms with Gasteiger partial charge in [0.05, 0.1) is 0 Å². The van der Waals surface area contributed by atoms with Crippen LogP contribution in [0.1, 0.15) is 25.8 Å². The van der Waals surface area contributed by atoms with Crippen LogP contribution in [0.5, 0.6) is 0 Å². The van der Waals surface area contributed by atoms with Gasteiger partial charge in [0.15, 0.2) is 0 Å². The molecular formula is C17H21FN2O4. The summed E-state index contributed by atoms with van der Waals surface area (Å²) < 4.78 is 13.3. The number of amides is 2. The molecule has 1 aromatic rings. The minimum absolute atomic E-state index is 0.0442. The number of carboxylic acid groups (broad SMARTS) is 1. The Balaban J connectivity index is 2.89. The number of carbonyl (C=O) groups is 3. The lowest BCUT2D eigenvalue weighted by molar-refractivity contribution is -0.142. The number of hydrogen-bond donors (Lipinski definition) is 3. The lowest BCUT2D eigenvalue weighted by atomic mass is 10.0. The average Bonchev–Trinajstić information content (AvgIpc) is 2.44. The lowest BCUT2D eigenvalue weighted by Gasteiger charge is -2.21. The van der Waals surface area contributed by atoms with Gasteiger partial charge in [0.25, 0.3) is 0 Å². The predicted molar refractivity (Wildman–Crippen MR) is 86.7 cm³/mol. The van der Waals surface area contributed by atoms with Crippen molar-refractivity contribution in [2.75, 3.05) is 0 Å². The van der Waals surface area contributed by atoms with Crippen molar-refractivity contribution in [1.82, 2.24) is 10.6 Å². The van der Waals surface area contributed by atoms with Crippen LogP contribution in [0.2, 0.25) is 0 Å². The fourth-order valence-corrected chi connectivity index (χ4v) is 2.18. The topological polar surface area (TPSA) is 95.5 Å². The molecule has 0 unspecified atom stereocenters. The minimum atomic E-state index is -1.20. The van der Waals surface area contributed by atoms with Crippen LogP contribution in [0.3, 0.4) is 0 Å². The molecule has 0 aliphatic carbocycles. The molecule has 0 fully saturated rings. The van der Waals surface area contributed by atoms with E-state index in [4.69, 9.17) is 5.11 Å². The van der Waals surface area contributed by atoms with Crippen molar-refractivity contribution < 1.29 is 23.9 Å². The first-order chi connectivity index (χ1) is 11.2. The Labute approximate surface area is 139 Å². The van der Waals surface area contributed by atoms with E-state index in [9.17, 15) is 18.8 Å². The van der Waals surface area contributed by atoms with Crippen molar-refractivity contribution in [2.24, 2.45) is 0 Å². The number of carbonyl (C=O) groups excluding carboxylic acids is 2. The largest absolute Gasteiger partial charge is 0.480 e. The molecule has 7 heteroatoms. The molecule has 0 bridgehead atoms. The zero-order chi connectivity index (χ0) is 18.3. The number of benzene rings is 1. The molecule has 0 spiro atoms. The van der Waals surface area contributed by atoms with E-state index in [0.29, 0.717) is 11.1 Å². The van der Waals surface area contributed by atoms with Gasteiger partial charge in [-0.2, -0.15) is 0 Å². The molecule has 0 saturated carbocycles.